The summed E-state index contributed by atoms with van der Waals surface area (Å²) < 4.78 is 1.86. The van der Waals surface area contributed by atoms with Crippen LogP contribution in [0.1, 0.15) is 11.1 Å². The van der Waals surface area contributed by atoms with Crippen LogP contribution in [0.25, 0.3) is 11.0 Å². The monoisotopic (exact) mass is 282 g/mol. The predicted molar refractivity (Wildman–Crippen MR) is 79.4 cm³/mol. The molecule has 0 saturated carbocycles. The highest BCUT2D eigenvalue weighted by Gasteiger charge is 2.10. The first-order valence-electron chi connectivity index (χ1n) is 6.08. The van der Waals surface area contributed by atoms with E-state index in [2.05, 4.69) is 11.1 Å². The number of hydrogen-bond donors (Lipinski definition) is 1. The normalized spacial score (nSPS) is 10.6. The van der Waals surface area contributed by atoms with Crippen molar-refractivity contribution in [3.8, 4) is 6.07 Å². The van der Waals surface area contributed by atoms with E-state index in [-0.39, 0.29) is 0 Å². The molecule has 0 fully saturated rings. The maximum absolute atomic E-state index is 9.00. The molecule has 1 aromatic heterocycles. The van der Waals surface area contributed by atoms with Gasteiger partial charge in [-0.25, -0.2) is 4.98 Å². The number of nitrogens with two attached hydrogens (primary N) is 1. The SMILES string of the molecule is N#Cc1ccc2nc(N)n(Cc3ccccc3Cl)c2c1. The molecule has 0 saturated heterocycles. The Morgan fingerprint density at radius 3 is 2.80 bits per heavy atom. The molecule has 0 bridgehead atoms. The second-order valence-corrected chi connectivity index (χ2v) is 4.87. The lowest BCUT2D eigenvalue weighted by atomic mass is 10.2. The second-order valence-electron chi connectivity index (χ2n) is 4.46. The zero-order valence-corrected chi connectivity index (χ0v) is 11.3. The van der Waals surface area contributed by atoms with Crippen LogP contribution in [0.3, 0.4) is 0 Å². The summed E-state index contributed by atoms with van der Waals surface area (Å²) in [7, 11) is 0. The number of rotatable bonds is 2. The number of nitrogen functional groups attached to an aromatic ring is 1. The minimum atomic E-state index is 0.412. The van der Waals surface area contributed by atoms with E-state index in [0.29, 0.717) is 23.1 Å². The van der Waals surface area contributed by atoms with Gasteiger partial charge in [0.25, 0.3) is 0 Å². The van der Waals surface area contributed by atoms with Gasteiger partial charge in [-0.3, -0.25) is 0 Å². The Balaban J connectivity index is 2.14. The van der Waals surface area contributed by atoms with Crippen LogP contribution in [0.4, 0.5) is 5.95 Å². The summed E-state index contributed by atoms with van der Waals surface area (Å²) in [4.78, 5) is 4.30. The fourth-order valence-electron chi connectivity index (χ4n) is 2.17. The topological polar surface area (TPSA) is 67.6 Å². The van der Waals surface area contributed by atoms with Crippen molar-refractivity contribution in [1.82, 2.24) is 9.55 Å². The van der Waals surface area contributed by atoms with Crippen LogP contribution in [-0.2, 0) is 6.54 Å². The maximum atomic E-state index is 9.00. The molecule has 0 aliphatic rings. The van der Waals surface area contributed by atoms with Gasteiger partial charge in [0.05, 0.1) is 29.2 Å². The van der Waals surface area contributed by atoms with Crippen LogP contribution in [0, 0.1) is 11.3 Å². The molecule has 20 heavy (non-hydrogen) atoms. The lowest BCUT2D eigenvalue weighted by molar-refractivity contribution is 0.838. The molecule has 98 valence electrons. The van der Waals surface area contributed by atoms with E-state index in [9.17, 15) is 0 Å². The molecule has 0 atom stereocenters. The van der Waals surface area contributed by atoms with Gasteiger partial charge in [0.2, 0.25) is 5.95 Å². The summed E-state index contributed by atoms with van der Waals surface area (Å²) in [5, 5.41) is 9.68. The highest BCUT2D eigenvalue weighted by molar-refractivity contribution is 6.31. The van der Waals surface area contributed by atoms with Crippen molar-refractivity contribution < 1.29 is 0 Å². The van der Waals surface area contributed by atoms with Gasteiger partial charge in [0.1, 0.15) is 0 Å². The average Bonchev–Trinajstić information content (AvgIpc) is 2.77. The number of anilines is 1. The summed E-state index contributed by atoms with van der Waals surface area (Å²) in [6, 6.07) is 15.0. The Morgan fingerprint density at radius 2 is 2.05 bits per heavy atom. The third kappa shape index (κ3) is 2.09. The van der Waals surface area contributed by atoms with Crippen molar-refractivity contribution in [2.75, 3.05) is 5.73 Å². The zero-order chi connectivity index (χ0) is 14.1. The van der Waals surface area contributed by atoms with E-state index in [4.69, 9.17) is 22.6 Å². The van der Waals surface area contributed by atoms with Crippen LogP contribution in [-0.4, -0.2) is 9.55 Å². The molecule has 3 rings (SSSR count). The molecule has 0 radical (unpaired) electrons. The van der Waals surface area contributed by atoms with Crippen molar-refractivity contribution in [2.45, 2.75) is 6.54 Å². The van der Waals surface area contributed by atoms with Gasteiger partial charge in [0, 0.05) is 5.02 Å². The molecule has 0 amide bonds. The lowest BCUT2D eigenvalue weighted by Gasteiger charge is -2.08. The summed E-state index contributed by atoms with van der Waals surface area (Å²) in [5.41, 5.74) is 9.12. The maximum Gasteiger partial charge on any atom is 0.201 e. The summed E-state index contributed by atoms with van der Waals surface area (Å²) in [5.74, 6) is 0.412. The number of aromatic nitrogens is 2. The standard InChI is InChI=1S/C15H11ClN4/c16-12-4-2-1-3-11(12)9-20-14-7-10(8-17)5-6-13(14)19-15(20)18/h1-7H,9H2,(H2,18,19). The minimum absolute atomic E-state index is 0.412. The average molecular weight is 283 g/mol. The molecule has 0 aliphatic heterocycles. The van der Waals surface area contributed by atoms with E-state index < -0.39 is 0 Å². The van der Waals surface area contributed by atoms with Crippen LogP contribution < -0.4 is 5.73 Å². The van der Waals surface area contributed by atoms with E-state index in [0.717, 1.165) is 16.6 Å². The van der Waals surface area contributed by atoms with E-state index in [1.165, 1.54) is 0 Å². The van der Waals surface area contributed by atoms with Gasteiger partial charge in [-0.05, 0) is 29.8 Å². The van der Waals surface area contributed by atoms with E-state index >= 15 is 0 Å². The molecule has 1 heterocycles. The molecule has 4 nitrogen and oxygen atoms in total. The number of fused-ring (bicyclic) bond motifs is 1. The van der Waals surface area contributed by atoms with Gasteiger partial charge in [0.15, 0.2) is 0 Å². The number of benzene rings is 2. The van der Waals surface area contributed by atoms with Crippen molar-refractivity contribution in [2.24, 2.45) is 0 Å². The van der Waals surface area contributed by atoms with Crippen LogP contribution in [0.15, 0.2) is 42.5 Å². The molecule has 2 N–H and O–H groups in total. The number of imidazole rings is 1. The fourth-order valence-corrected chi connectivity index (χ4v) is 2.37. The van der Waals surface area contributed by atoms with E-state index in [1.807, 2.05) is 28.8 Å². The number of hydrogen-bond acceptors (Lipinski definition) is 3. The molecule has 3 aromatic rings. The third-order valence-electron chi connectivity index (χ3n) is 3.19. The van der Waals surface area contributed by atoms with Crippen LogP contribution in [0.5, 0.6) is 0 Å². The second kappa shape index (κ2) is 4.87. The fraction of sp³-hybridized carbons (Fsp3) is 0.0667. The van der Waals surface area contributed by atoms with Gasteiger partial charge in [-0.2, -0.15) is 5.26 Å². The van der Waals surface area contributed by atoms with Gasteiger partial charge in [-0.15, -0.1) is 0 Å². The number of halogens is 1. The van der Waals surface area contributed by atoms with Crippen LogP contribution in [0.2, 0.25) is 5.02 Å². The first kappa shape index (κ1) is 12.5. The highest BCUT2D eigenvalue weighted by Crippen LogP contribution is 2.23. The zero-order valence-electron chi connectivity index (χ0n) is 10.5. The van der Waals surface area contributed by atoms with Crippen molar-refractivity contribution in [3.05, 3.63) is 58.6 Å². The molecule has 0 unspecified atom stereocenters. The Kier molecular flexibility index (Phi) is 3.05. The number of nitriles is 1. The summed E-state index contributed by atoms with van der Waals surface area (Å²) in [6.45, 7) is 0.525. The predicted octanol–water partition coefficient (Wildman–Crippen LogP) is 3.19. The molecular formula is C15H11ClN4. The van der Waals surface area contributed by atoms with Crippen molar-refractivity contribution in [1.29, 1.82) is 5.26 Å². The van der Waals surface area contributed by atoms with Crippen LogP contribution >= 0.6 is 11.6 Å². The summed E-state index contributed by atoms with van der Waals surface area (Å²) >= 11 is 6.18. The first-order valence-corrected chi connectivity index (χ1v) is 6.46. The Bertz CT molecular complexity index is 829. The van der Waals surface area contributed by atoms with E-state index in [1.54, 1.807) is 18.2 Å². The smallest absolute Gasteiger partial charge is 0.201 e. The van der Waals surface area contributed by atoms with Gasteiger partial charge < -0.3 is 10.3 Å². The van der Waals surface area contributed by atoms with Gasteiger partial charge >= 0.3 is 0 Å². The minimum Gasteiger partial charge on any atom is -0.369 e. The largest absolute Gasteiger partial charge is 0.369 e. The molecular weight excluding hydrogens is 272 g/mol. The van der Waals surface area contributed by atoms with Gasteiger partial charge in [-0.1, -0.05) is 29.8 Å². The first-order chi connectivity index (χ1) is 9.69. The molecule has 2 aromatic carbocycles. The number of nitrogens with zero attached hydrogens (tertiary/aromatic N) is 3. The molecule has 5 heteroatoms. The Hall–Kier alpha value is -2.51. The Labute approximate surface area is 121 Å². The third-order valence-corrected chi connectivity index (χ3v) is 3.56. The molecule has 0 spiro atoms. The molecule has 0 aliphatic carbocycles. The highest BCUT2D eigenvalue weighted by atomic mass is 35.5. The summed E-state index contributed by atoms with van der Waals surface area (Å²) in [6.07, 6.45) is 0. The lowest BCUT2D eigenvalue weighted by Crippen LogP contribution is -2.05. The Morgan fingerprint density at radius 1 is 1.25 bits per heavy atom. The van der Waals surface area contributed by atoms with Crippen molar-refractivity contribution >= 4 is 28.6 Å². The van der Waals surface area contributed by atoms with Crippen molar-refractivity contribution in [3.63, 3.8) is 0 Å². The quantitative estimate of drug-likeness (QED) is 0.785.